The van der Waals surface area contributed by atoms with Crippen molar-refractivity contribution in [2.45, 2.75) is 57.0 Å². The van der Waals surface area contributed by atoms with Crippen molar-refractivity contribution in [2.24, 2.45) is 0 Å². The van der Waals surface area contributed by atoms with Gasteiger partial charge in [0.25, 0.3) is 0 Å². The number of hydrogen-bond acceptors (Lipinski definition) is 7. The highest BCUT2D eigenvalue weighted by molar-refractivity contribution is 5.83. The van der Waals surface area contributed by atoms with Crippen LogP contribution >= 0.6 is 0 Å². The molecule has 152 valence electrons. The van der Waals surface area contributed by atoms with Crippen LogP contribution in [-0.2, 0) is 4.74 Å². The normalized spacial score (nSPS) is 23.5. The highest BCUT2D eigenvalue weighted by Crippen LogP contribution is 2.32. The Bertz CT molecular complexity index is 802. The predicted molar refractivity (Wildman–Crippen MR) is 109 cm³/mol. The van der Waals surface area contributed by atoms with E-state index in [1.807, 2.05) is 6.33 Å². The van der Waals surface area contributed by atoms with E-state index in [4.69, 9.17) is 15.5 Å². The topological polar surface area (TPSA) is 85.3 Å². The summed E-state index contributed by atoms with van der Waals surface area (Å²) in [6, 6.07) is 1.14. The molecule has 8 heteroatoms. The fraction of sp³-hybridized carbons (Fsp3) is 0.750. The Morgan fingerprint density at radius 1 is 0.893 bits per heavy atom. The quantitative estimate of drug-likeness (QED) is 0.867. The number of piperidine rings is 1. The Kier molecular flexibility index (Phi) is 5.07. The smallest absolute Gasteiger partial charge is 0.229 e. The molecule has 2 saturated heterocycles. The fourth-order valence-corrected chi connectivity index (χ4v) is 5.07. The average molecular weight is 386 g/mol. The van der Waals surface area contributed by atoms with Crippen molar-refractivity contribution < 1.29 is 4.74 Å². The molecule has 0 amide bonds. The molecule has 0 atom stereocenters. The Balaban J connectivity index is 1.34. The fourth-order valence-electron chi connectivity index (χ4n) is 5.07. The highest BCUT2D eigenvalue weighted by Gasteiger charge is 2.28. The number of nitrogen functional groups attached to an aromatic ring is 1. The van der Waals surface area contributed by atoms with E-state index in [-0.39, 0.29) is 0 Å². The number of hydrogen-bond donors (Lipinski definition) is 1. The maximum atomic E-state index is 6.28. The van der Waals surface area contributed by atoms with Crippen LogP contribution < -0.4 is 10.6 Å². The summed E-state index contributed by atoms with van der Waals surface area (Å²) in [5.41, 5.74) is 7.93. The van der Waals surface area contributed by atoms with Crippen LogP contribution in [0.3, 0.4) is 0 Å². The van der Waals surface area contributed by atoms with Crippen molar-refractivity contribution in [3.63, 3.8) is 0 Å². The molecule has 0 bridgehead atoms. The summed E-state index contributed by atoms with van der Waals surface area (Å²) in [6.07, 6.45) is 10.5. The van der Waals surface area contributed by atoms with Crippen LogP contribution in [0.2, 0.25) is 0 Å². The molecule has 0 radical (unpaired) electrons. The summed E-state index contributed by atoms with van der Waals surface area (Å²) in [5, 5.41) is 0. The van der Waals surface area contributed by atoms with Gasteiger partial charge in [-0.05, 0) is 25.7 Å². The summed E-state index contributed by atoms with van der Waals surface area (Å²) < 4.78 is 7.74. The Morgan fingerprint density at radius 2 is 1.64 bits per heavy atom. The van der Waals surface area contributed by atoms with Crippen molar-refractivity contribution in [2.75, 3.05) is 50.0 Å². The molecular formula is C20H31N7O. The second-order valence-electron chi connectivity index (χ2n) is 8.39. The first-order valence-electron chi connectivity index (χ1n) is 10.9. The minimum atomic E-state index is 0.493. The third-order valence-electron chi connectivity index (χ3n) is 6.71. The monoisotopic (exact) mass is 385 g/mol. The van der Waals surface area contributed by atoms with Crippen molar-refractivity contribution in [3.05, 3.63) is 6.33 Å². The number of rotatable bonds is 3. The number of imidazole rings is 1. The summed E-state index contributed by atoms with van der Waals surface area (Å²) in [4.78, 5) is 18.9. The van der Waals surface area contributed by atoms with Gasteiger partial charge in [0.1, 0.15) is 5.52 Å². The van der Waals surface area contributed by atoms with E-state index in [1.165, 1.54) is 32.1 Å². The lowest BCUT2D eigenvalue weighted by molar-refractivity contribution is 0.0114. The van der Waals surface area contributed by atoms with Gasteiger partial charge >= 0.3 is 0 Å². The van der Waals surface area contributed by atoms with Gasteiger partial charge in [0.15, 0.2) is 11.5 Å². The molecule has 0 spiro atoms. The minimum absolute atomic E-state index is 0.493. The Labute approximate surface area is 166 Å². The number of fused-ring (bicyclic) bond motifs is 1. The highest BCUT2D eigenvalue weighted by atomic mass is 16.5. The molecular weight excluding hydrogens is 354 g/mol. The molecule has 5 rings (SSSR count). The first-order chi connectivity index (χ1) is 13.8. The SMILES string of the molecule is Nc1nc(N2CCC(N3CCOCC3)CC2)nc2c1ncn2C1CCCCC1. The minimum Gasteiger partial charge on any atom is -0.382 e. The number of nitrogens with zero attached hydrogens (tertiary/aromatic N) is 6. The van der Waals surface area contributed by atoms with Crippen molar-refractivity contribution in [3.8, 4) is 0 Å². The van der Waals surface area contributed by atoms with E-state index in [0.29, 0.717) is 17.9 Å². The number of morpholine rings is 1. The molecule has 0 aromatic carbocycles. The van der Waals surface area contributed by atoms with Gasteiger partial charge in [0.2, 0.25) is 5.95 Å². The number of aromatic nitrogens is 4. The molecule has 3 aliphatic rings. The van der Waals surface area contributed by atoms with Crippen LogP contribution in [0, 0.1) is 0 Å². The maximum absolute atomic E-state index is 6.28. The van der Waals surface area contributed by atoms with E-state index < -0.39 is 0 Å². The first kappa shape index (κ1) is 18.1. The summed E-state index contributed by atoms with van der Waals surface area (Å²) in [6.45, 7) is 5.79. The largest absolute Gasteiger partial charge is 0.382 e. The van der Waals surface area contributed by atoms with Crippen molar-refractivity contribution in [1.82, 2.24) is 24.4 Å². The lowest BCUT2D eigenvalue weighted by atomic mass is 9.95. The van der Waals surface area contributed by atoms with Gasteiger partial charge in [-0.1, -0.05) is 19.3 Å². The molecule has 2 aliphatic heterocycles. The van der Waals surface area contributed by atoms with Gasteiger partial charge in [-0.2, -0.15) is 9.97 Å². The Hall–Kier alpha value is -1.93. The molecule has 2 aromatic rings. The van der Waals surface area contributed by atoms with E-state index in [9.17, 15) is 0 Å². The molecule has 8 nitrogen and oxygen atoms in total. The van der Waals surface area contributed by atoms with Crippen LogP contribution in [0.1, 0.15) is 51.0 Å². The zero-order valence-corrected chi connectivity index (χ0v) is 16.6. The number of ether oxygens (including phenoxy) is 1. The van der Waals surface area contributed by atoms with E-state index in [2.05, 4.69) is 24.3 Å². The van der Waals surface area contributed by atoms with Crippen LogP contribution in [0.5, 0.6) is 0 Å². The zero-order valence-electron chi connectivity index (χ0n) is 16.6. The number of anilines is 2. The molecule has 2 aromatic heterocycles. The second kappa shape index (κ2) is 7.83. The molecule has 0 unspecified atom stereocenters. The van der Waals surface area contributed by atoms with Crippen LogP contribution in [0.4, 0.5) is 11.8 Å². The average Bonchev–Trinajstić information content (AvgIpc) is 3.20. The molecule has 1 saturated carbocycles. The lowest BCUT2D eigenvalue weighted by Gasteiger charge is -2.40. The van der Waals surface area contributed by atoms with E-state index in [0.717, 1.165) is 69.3 Å². The number of nitrogens with two attached hydrogens (primary N) is 1. The predicted octanol–water partition coefficient (Wildman–Crippen LogP) is 2.21. The first-order valence-corrected chi connectivity index (χ1v) is 10.9. The molecule has 4 heterocycles. The van der Waals surface area contributed by atoms with E-state index in [1.54, 1.807) is 0 Å². The van der Waals surface area contributed by atoms with Gasteiger partial charge in [0.05, 0.1) is 19.5 Å². The van der Waals surface area contributed by atoms with E-state index >= 15 is 0 Å². The molecule has 2 N–H and O–H groups in total. The van der Waals surface area contributed by atoms with Crippen molar-refractivity contribution in [1.29, 1.82) is 0 Å². The van der Waals surface area contributed by atoms with Gasteiger partial charge < -0.3 is 19.9 Å². The lowest BCUT2D eigenvalue weighted by Crippen LogP contribution is -2.49. The summed E-state index contributed by atoms with van der Waals surface area (Å²) in [5.74, 6) is 1.27. The second-order valence-corrected chi connectivity index (χ2v) is 8.39. The summed E-state index contributed by atoms with van der Waals surface area (Å²) in [7, 11) is 0. The summed E-state index contributed by atoms with van der Waals surface area (Å²) >= 11 is 0. The standard InChI is InChI=1S/C20H31N7O/c21-18-17-19(27(14-22-17)16-4-2-1-3-5-16)24-20(23-18)26-8-6-15(7-9-26)25-10-12-28-13-11-25/h14-16H,1-13H2,(H2,21,23,24). The zero-order chi connectivity index (χ0) is 18.9. The van der Waals surface area contributed by atoms with Gasteiger partial charge in [0, 0.05) is 38.3 Å². The van der Waals surface area contributed by atoms with Gasteiger partial charge in [-0.25, -0.2) is 4.98 Å². The molecule has 3 fully saturated rings. The third-order valence-corrected chi connectivity index (χ3v) is 6.71. The maximum Gasteiger partial charge on any atom is 0.229 e. The van der Waals surface area contributed by atoms with Crippen LogP contribution in [0.15, 0.2) is 6.33 Å². The van der Waals surface area contributed by atoms with Gasteiger partial charge in [-0.15, -0.1) is 0 Å². The van der Waals surface area contributed by atoms with Crippen LogP contribution in [0.25, 0.3) is 11.2 Å². The molecule has 1 aliphatic carbocycles. The Morgan fingerprint density at radius 3 is 2.39 bits per heavy atom. The molecule has 28 heavy (non-hydrogen) atoms. The van der Waals surface area contributed by atoms with Crippen molar-refractivity contribution >= 4 is 22.9 Å². The van der Waals surface area contributed by atoms with Crippen LogP contribution in [-0.4, -0.2) is 69.9 Å². The third kappa shape index (κ3) is 3.43. The van der Waals surface area contributed by atoms with Gasteiger partial charge in [-0.3, -0.25) is 4.90 Å².